The van der Waals surface area contributed by atoms with Crippen molar-refractivity contribution in [3.63, 3.8) is 0 Å². The monoisotopic (exact) mass is 379 g/mol. The highest BCUT2D eigenvalue weighted by molar-refractivity contribution is 6.13. The summed E-state index contributed by atoms with van der Waals surface area (Å²) in [5, 5.41) is 9.94. The van der Waals surface area contributed by atoms with Crippen LogP contribution in [0, 0.1) is 5.92 Å². The summed E-state index contributed by atoms with van der Waals surface area (Å²) in [5.74, 6) is -1.11. The number of allylic oxidation sites excluding steroid dienone is 1. The zero-order chi connectivity index (χ0) is 20.2. The molecule has 0 aliphatic rings. The first kappa shape index (κ1) is 21.6. The summed E-state index contributed by atoms with van der Waals surface area (Å²) in [6.07, 6.45) is 5.48. The van der Waals surface area contributed by atoms with Crippen LogP contribution < -0.4 is 0 Å². The first-order valence-electron chi connectivity index (χ1n) is 9.68. The van der Waals surface area contributed by atoms with Gasteiger partial charge in [0.1, 0.15) is 0 Å². The largest absolute Gasteiger partial charge is 0.480 e. The van der Waals surface area contributed by atoms with Crippen LogP contribution in [0.1, 0.15) is 36.8 Å². The Kier molecular flexibility index (Phi) is 9.16. The van der Waals surface area contributed by atoms with Gasteiger partial charge in [-0.2, -0.15) is 0 Å². The van der Waals surface area contributed by atoms with Crippen LogP contribution >= 0.6 is 0 Å². The van der Waals surface area contributed by atoms with Crippen LogP contribution in [0.15, 0.2) is 78.3 Å². The van der Waals surface area contributed by atoms with Crippen LogP contribution in [0.4, 0.5) is 0 Å². The van der Waals surface area contributed by atoms with Crippen molar-refractivity contribution in [2.24, 2.45) is 10.9 Å². The second-order valence-corrected chi connectivity index (χ2v) is 6.78. The van der Waals surface area contributed by atoms with E-state index in [2.05, 4.69) is 6.58 Å². The molecular weight excluding hydrogens is 350 g/mol. The molecule has 0 bridgehead atoms. The number of carbonyl (C=O) groups is 1. The van der Waals surface area contributed by atoms with Gasteiger partial charge in [0.2, 0.25) is 0 Å². The fourth-order valence-electron chi connectivity index (χ4n) is 3.25. The van der Waals surface area contributed by atoms with E-state index in [1.807, 2.05) is 66.7 Å². The molecule has 0 aliphatic carbocycles. The minimum atomic E-state index is -0.921. The number of rotatable bonds is 12. The molecule has 0 amide bonds. The Morgan fingerprint density at radius 3 is 2.11 bits per heavy atom. The van der Waals surface area contributed by atoms with E-state index in [0.29, 0.717) is 12.3 Å². The lowest BCUT2D eigenvalue weighted by molar-refractivity contribution is -0.140. The van der Waals surface area contributed by atoms with Crippen molar-refractivity contribution in [1.29, 1.82) is 0 Å². The summed E-state index contributed by atoms with van der Waals surface area (Å²) in [7, 11) is 1.61. The number of aliphatic imine (C=N–C) groups is 1. The van der Waals surface area contributed by atoms with Gasteiger partial charge < -0.3 is 9.84 Å². The van der Waals surface area contributed by atoms with Crippen LogP contribution in [-0.2, 0) is 9.53 Å². The second kappa shape index (κ2) is 11.9. The van der Waals surface area contributed by atoms with E-state index in [0.717, 1.165) is 36.8 Å². The Morgan fingerprint density at radius 2 is 1.64 bits per heavy atom. The fraction of sp³-hybridized carbons (Fsp3) is 0.333. The molecule has 0 saturated heterocycles. The molecule has 0 heterocycles. The molecule has 2 aromatic carbocycles. The highest BCUT2D eigenvalue weighted by atomic mass is 16.5. The number of unbranched alkanes of at least 4 members (excludes halogenated alkanes) is 2. The van der Waals surface area contributed by atoms with Gasteiger partial charge in [0.15, 0.2) is 6.04 Å². The van der Waals surface area contributed by atoms with Gasteiger partial charge in [-0.1, -0.05) is 73.2 Å². The van der Waals surface area contributed by atoms with Crippen LogP contribution in [0.25, 0.3) is 0 Å². The molecule has 2 aromatic rings. The molecular formula is C24H29NO3. The van der Waals surface area contributed by atoms with Crippen LogP contribution in [-0.4, -0.2) is 36.5 Å². The van der Waals surface area contributed by atoms with Crippen molar-refractivity contribution < 1.29 is 14.6 Å². The summed E-state index contributed by atoms with van der Waals surface area (Å²) in [4.78, 5) is 16.9. The van der Waals surface area contributed by atoms with Crippen LogP contribution in [0.2, 0.25) is 0 Å². The van der Waals surface area contributed by atoms with E-state index in [4.69, 9.17) is 9.73 Å². The predicted molar refractivity (Wildman–Crippen MR) is 114 cm³/mol. The molecule has 0 radical (unpaired) electrons. The molecule has 28 heavy (non-hydrogen) atoms. The normalized spacial score (nSPS) is 12.8. The van der Waals surface area contributed by atoms with Crippen molar-refractivity contribution in [1.82, 2.24) is 0 Å². The third-order valence-corrected chi connectivity index (χ3v) is 4.68. The Hall–Kier alpha value is -2.72. The van der Waals surface area contributed by atoms with Crippen LogP contribution in [0.3, 0.4) is 0 Å². The minimum absolute atomic E-state index is 0.185. The van der Waals surface area contributed by atoms with E-state index in [9.17, 15) is 9.90 Å². The molecule has 2 atom stereocenters. The summed E-state index contributed by atoms with van der Waals surface area (Å²) in [5.41, 5.74) is 2.51. The number of carboxylic acids is 1. The zero-order valence-electron chi connectivity index (χ0n) is 16.5. The summed E-state index contributed by atoms with van der Waals surface area (Å²) < 4.78 is 5.33. The maximum absolute atomic E-state index is 12.1. The number of carboxylic acid groups (broad SMARTS) is 1. The van der Waals surface area contributed by atoms with Crippen molar-refractivity contribution in [2.75, 3.05) is 13.7 Å². The van der Waals surface area contributed by atoms with Gasteiger partial charge in [0.25, 0.3) is 0 Å². The molecule has 0 spiro atoms. The third-order valence-electron chi connectivity index (χ3n) is 4.68. The molecule has 2 rings (SSSR count). The second-order valence-electron chi connectivity index (χ2n) is 6.78. The van der Waals surface area contributed by atoms with Gasteiger partial charge >= 0.3 is 5.97 Å². The number of methoxy groups -OCH3 is 1. The lowest BCUT2D eigenvalue weighted by Gasteiger charge is -2.22. The lowest BCUT2D eigenvalue weighted by atomic mass is 9.93. The summed E-state index contributed by atoms with van der Waals surface area (Å²) in [6.45, 7) is 4.11. The maximum Gasteiger partial charge on any atom is 0.328 e. The number of aliphatic carboxylic acids is 1. The van der Waals surface area contributed by atoms with Gasteiger partial charge in [0, 0.05) is 24.2 Å². The Labute approximate surface area is 167 Å². The Bertz CT molecular complexity index is 714. The molecule has 0 saturated carbocycles. The van der Waals surface area contributed by atoms with Gasteiger partial charge in [0.05, 0.1) is 12.3 Å². The quantitative estimate of drug-likeness (QED) is 0.321. The molecule has 4 heteroatoms. The first-order chi connectivity index (χ1) is 13.7. The Morgan fingerprint density at radius 1 is 1.07 bits per heavy atom. The lowest BCUT2D eigenvalue weighted by Crippen LogP contribution is -2.32. The number of hydrogen-bond donors (Lipinski definition) is 1. The van der Waals surface area contributed by atoms with E-state index in [1.165, 1.54) is 0 Å². The van der Waals surface area contributed by atoms with Gasteiger partial charge in [-0.15, -0.1) is 6.58 Å². The van der Waals surface area contributed by atoms with Crippen LogP contribution in [0.5, 0.6) is 0 Å². The average molecular weight is 380 g/mol. The average Bonchev–Trinajstić information content (AvgIpc) is 2.72. The van der Waals surface area contributed by atoms with E-state index in [1.54, 1.807) is 7.11 Å². The first-order valence-corrected chi connectivity index (χ1v) is 9.68. The van der Waals surface area contributed by atoms with Gasteiger partial charge in [-0.25, -0.2) is 4.79 Å². The third kappa shape index (κ3) is 6.46. The minimum Gasteiger partial charge on any atom is -0.480 e. The topological polar surface area (TPSA) is 58.9 Å². The molecule has 0 aliphatic heterocycles. The number of hydrogen-bond acceptors (Lipinski definition) is 3. The molecule has 2 unspecified atom stereocenters. The number of benzene rings is 2. The number of ether oxygens (including phenoxy) is 1. The maximum atomic E-state index is 12.1. The number of nitrogens with zero attached hydrogens (tertiary/aromatic N) is 1. The van der Waals surface area contributed by atoms with Crippen molar-refractivity contribution in [3.05, 3.63) is 84.4 Å². The Balaban J connectivity index is 2.39. The van der Waals surface area contributed by atoms with Crippen molar-refractivity contribution in [2.45, 2.75) is 31.7 Å². The molecule has 1 N–H and O–H groups in total. The van der Waals surface area contributed by atoms with E-state index in [-0.39, 0.29) is 5.92 Å². The van der Waals surface area contributed by atoms with Crippen molar-refractivity contribution in [3.8, 4) is 0 Å². The molecule has 0 fully saturated rings. The van der Waals surface area contributed by atoms with Crippen molar-refractivity contribution >= 4 is 11.7 Å². The highest BCUT2D eigenvalue weighted by Gasteiger charge is 2.28. The fourth-order valence-corrected chi connectivity index (χ4v) is 3.25. The summed E-state index contributed by atoms with van der Waals surface area (Å²) in [6, 6.07) is 18.6. The van der Waals surface area contributed by atoms with E-state index >= 15 is 0 Å². The molecule has 148 valence electrons. The standard InChI is InChI=1S/C24H29NO3/c1-3-4-5-8-17-21(18-28-2)23(24(26)27)25-22(19-13-9-6-10-14-19)20-15-11-7-12-16-20/h3,6-7,9-16,21,23H,1,4-5,8,17-18H2,2H3,(H,26,27). The van der Waals surface area contributed by atoms with Gasteiger partial charge in [-0.3, -0.25) is 4.99 Å². The summed E-state index contributed by atoms with van der Waals surface area (Å²) >= 11 is 0. The highest BCUT2D eigenvalue weighted by Crippen LogP contribution is 2.21. The predicted octanol–water partition coefficient (Wildman–Crippen LogP) is 4.99. The molecule has 0 aromatic heterocycles. The van der Waals surface area contributed by atoms with Gasteiger partial charge in [-0.05, 0) is 19.3 Å². The zero-order valence-corrected chi connectivity index (χ0v) is 16.5. The smallest absolute Gasteiger partial charge is 0.328 e. The SMILES string of the molecule is C=CCCCCC(COC)C(N=C(c1ccccc1)c1ccccc1)C(=O)O. The van der Waals surface area contributed by atoms with E-state index < -0.39 is 12.0 Å². The molecule has 4 nitrogen and oxygen atoms in total.